The molecule has 0 aliphatic carbocycles. The van der Waals surface area contributed by atoms with Gasteiger partial charge in [0.25, 0.3) is 0 Å². The molecule has 1 saturated heterocycles. The average molecular weight is 160 g/mol. The van der Waals surface area contributed by atoms with Gasteiger partial charge in [-0.25, -0.2) is 0 Å². The molecule has 1 aliphatic rings. The van der Waals surface area contributed by atoms with Crippen LogP contribution in [0, 0.1) is 0 Å². The van der Waals surface area contributed by atoms with Gasteiger partial charge in [0.1, 0.15) is 0 Å². The molecular formula is C8H16O3. The first-order valence-electron chi connectivity index (χ1n) is 4.21. The van der Waals surface area contributed by atoms with Gasteiger partial charge in [-0.3, -0.25) is 0 Å². The molecule has 1 rings (SSSR count). The highest BCUT2D eigenvalue weighted by Gasteiger charge is 2.16. The van der Waals surface area contributed by atoms with Crippen molar-refractivity contribution in [1.82, 2.24) is 0 Å². The molecule has 66 valence electrons. The predicted octanol–water partition coefficient (Wildman–Crippen LogP) is 0.910. The lowest BCUT2D eigenvalue weighted by Gasteiger charge is -2.25. The van der Waals surface area contributed by atoms with Crippen molar-refractivity contribution in [2.45, 2.75) is 38.6 Å². The van der Waals surface area contributed by atoms with Crippen molar-refractivity contribution in [1.29, 1.82) is 0 Å². The molecule has 0 bridgehead atoms. The summed E-state index contributed by atoms with van der Waals surface area (Å²) in [6.07, 6.45) is 3.09. The Balaban J connectivity index is 2.13. The SMILES string of the molecule is C[C@@H](CO)OC1CCCCO1. The minimum Gasteiger partial charge on any atom is -0.394 e. The predicted molar refractivity (Wildman–Crippen MR) is 41.2 cm³/mol. The second-order valence-electron chi connectivity index (χ2n) is 2.93. The zero-order chi connectivity index (χ0) is 8.10. The molecule has 0 radical (unpaired) electrons. The Labute approximate surface area is 67.3 Å². The summed E-state index contributed by atoms with van der Waals surface area (Å²) < 4.78 is 10.7. The number of rotatable bonds is 3. The molecular weight excluding hydrogens is 144 g/mol. The maximum atomic E-state index is 8.68. The zero-order valence-electron chi connectivity index (χ0n) is 6.95. The summed E-state index contributed by atoms with van der Waals surface area (Å²) in [4.78, 5) is 0. The third-order valence-electron chi connectivity index (χ3n) is 1.78. The van der Waals surface area contributed by atoms with E-state index in [9.17, 15) is 0 Å². The van der Waals surface area contributed by atoms with Crippen molar-refractivity contribution < 1.29 is 14.6 Å². The first-order chi connectivity index (χ1) is 5.33. The lowest BCUT2D eigenvalue weighted by Crippen LogP contribution is -2.28. The van der Waals surface area contributed by atoms with Gasteiger partial charge in [-0.15, -0.1) is 0 Å². The van der Waals surface area contributed by atoms with Crippen molar-refractivity contribution in [2.75, 3.05) is 13.2 Å². The Kier molecular flexibility index (Phi) is 3.83. The maximum absolute atomic E-state index is 8.68. The molecule has 0 aromatic carbocycles. The molecule has 1 aliphatic heterocycles. The van der Waals surface area contributed by atoms with Crippen LogP contribution >= 0.6 is 0 Å². The van der Waals surface area contributed by atoms with Gasteiger partial charge in [-0.1, -0.05) is 0 Å². The Bertz CT molecular complexity index is 99.5. The van der Waals surface area contributed by atoms with Crippen molar-refractivity contribution in [3.05, 3.63) is 0 Å². The van der Waals surface area contributed by atoms with Crippen LogP contribution in [0.2, 0.25) is 0 Å². The fraction of sp³-hybridized carbons (Fsp3) is 1.00. The summed E-state index contributed by atoms with van der Waals surface area (Å²) in [6.45, 7) is 2.71. The topological polar surface area (TPSA) is 38.7 Å². The second kappa shape index (κ2) is 4.70. The van der Waals surface area contributed by atoms with Crippen molar-refractivity contribution >= 4 is 0 Å². The van der Waals surface area contributed by atoms with E-state index in [-0.39, 0.29) is 19.0 Å². The van der Waals surface area contributed by atoms with E-state index in [4.69, 9.17) is 14.6 Å². The standard InChI is InChI=1S/C8H16O3/c1-7(6-9)11-8-4-2-3-5-10-8/h7-9H,2-6H2,1H3/t7-,8?/m0/s1. The van der Waals surface area contributed by atoms with Gasteiger partial charge in [-0.05, 0) is 26.2 Å². The summed E-state index contributed by atoms with van der Waals surface area (Å²) in [5.41, 5.74) is 0. The summed E-state index contributed by atoms with van der Waals surface area (Å²) in [5, 5.41) is 8.68. The van der Waals surface area contributed by atoms with Gasteiger partial charge in [-0.2, -0.15) is 0 Å². The third-order valence-corrected chi connectivity index (χ3v) is 1.78. The fourth-order valence-corrected chi connectivity index (χ4v) is 1.12. The average Bonchev–Trinajstić information content (AvgIpc) is 2.06. The van der Waals surface area contributed by atoms with Gasteiger partial charge in [0, 0.05) is 6.61 Å². The Morgan fingerprint density at radius 3 is 3.00 bits per heavy atom. The van der Waals surface area contributed by atoms with Gasteiger partial charge in [0.05, 0.1) is 12.7 Å². The van der Waals surface area contributed by atoms with E-state index >= 15 is 0 Å². The van der Waals surface area contributed by atoms with Crippen LogP contribution in [0.1, 0.15) is 26.2 Å². The number of aliphatic hydroxyl groups excluding tert-OH is 1. The molecule has 0 aromatic heterocycles. The molecule has 1 N–H and O–H groups in total. The first-order valence-corrected chi connectivity index (χ1v) is 4.21. The maximum Gasteiger partial charge on any atom is 0.158 e. The van der Waals surface area contributed by atoms with Crippen LogP contribution in [-0.2, 0) is 9.47 Å². The Morgan fingerprint density at radius 2 is 2.45 bits per heavy atom. The molecule has 11 heavy (non-hydrogen) atoms. The molecule has 0 amide bonds. The largest absolute Gasteiger partial charge is 0.394 e. The molecule has 0 aromatic rings. The van der Waals surface area contributed by atoms with Crippen molar-refractivity contribution in [2.24, 2.45) is 0 Å². The van der Waals surface area contributed by atoms with E-state index in [0.29, 0.717) is 0 Å². The minimum atomic E-state index is -0.0990. The Morgan fingerprint density at radius 1 is 1.64 bits per heavy atom. The number of ether oxygens (including phenoxy) is 2. The zero-order valence-corrected chi connectivity index (χ0v) is 6.95. The summed E-state index contributed by atoms with van der Waals surface area (Å²) >= 11 is 0. The molecule has 3 heteroatoms. The lowest BCUT2D eigenvalue weighted by atomic mass is 10.2. The van der Waals surface area contributed by atoms with Gasteiger partial charge in [0.2, 0.25) is 0 Å². The number of hydrogen-bond donors (Lipinski definition) is 1. The lowest BCUT2D eigenvalue weighted by molar-refractivity contribution is -0.190. The van der Waals surface area contributed by atoms with Crippen LogP contribution in [0.5, 0.6) is 0 Å². The van der Waals surface area contributed by atoms with E-state index in [2.05, 4.69) is 0 Å². The minimum absolute atomic E-state index is 0.0693. The van der Waals surface area contributed by atoms with E-state index in [1.165, 1.54) is 6.42 Å². The van der Waals surface area contributed by atoms with Crippen LogP contribution in [0.4, 0.5) is 0 Å². The third kappa shape index (κ3) is 3.18. The fourth-order valence-electron chi connectivity index (χ4n) is 1.12. The quantitative estimate of drug-likeness (QED) is 0.667. The van der Waals surface area contributed by atoms with E-state index in [1.807, 2.05) is 6.92 Å². The van der Waals surface area contributed by atoms with Gasteiger partial charge in [0.15, 0.2) is 6.29 Å². The van der Waals surface area contributed by atoms with E-state index in [0.717, 1.165) is 19.4 Å². The monoisotopic (exact) mass is 160 g/mol. The summed E-state index contributed by atoms with van der Waals surface area (Å²) in [5.74, 6) is 0. The second-order valence-corrected chi connectivity index (χ2v) is 2.93. The van der Waals surface area contributed by atoms with E-state index < -0.39 is 0 Å². The van der Waals surface area contributed by atoms with Gasteiger partial charge >= 0.3 is 0 Å². The Hall–Kier alpha value is -0.120. The van der Waals surface area contributed by atoms with Crippen molar-refractivity contribution in [3.8, 4) is 0 Å². The van der Waals surface area contributed by atoms with Crippen LogP contribution in [-0.4, -0.2) is 30.7 Å². The highest BCUT2D eigenvalue weighted by molar-refractivity contribution is 4.56. The van der Waals surface area contributed by atoms with E-state index in [1.54, 1.807) is 0 Å². The smallest absolute Gasteiger partial charge is 0.158 e. The van der Waals surface area contributed by atoms with Crippen LogP contribution in [0.25, 0.3) is 0 Å². The molecule has 2 atom stereocenters. The summed E-state index contributed by atoms with van der Waals surface area (Å²) in [7, 11) is 0. The molecule has 3 nitrogen and oxygen atoms in total. The number of aliphatic hydroxyl groups is 1. The van der Waals surface area contributed by atoms with Gasteiger partial charge < -0.3 is 14.6 Å². The van der Waals surface area contributed by atoms with Crippen LogP contribution in [0.3, 0.4) is 0 Å². The highest BCUT2D eigenvalue weighted by Crippen LogP contribution is 2.14. The molecule has 0 saturated carbocycles. The normalized spacial score (nSPS) is 28.4. The van der Waals surface area contributed by atoms with Crippen LogP contribution < -0.4 is 0 Å². The molecule has 1 heterocycles. The molecule has 1 unspecified atom stereocenters. The number of hydrogen-bond acceptors (Lipinski definition) is 3. The highest BCUT2D eigenvalue weighted by atomic mass is 16.7. The summed E-state index contributed by atoms with van der Waals surface area (Å²) in [6, 6.07) is 0. The van der Waals surface area contributed by atoms with Crippen molar-refractivity contribution in [3.63, 3.8) is 0 Å². The van der Waals surface area contributed by atoms with Crippen LogP contribution in [0.15, 0.2) is 0 Å². The molecule has 1 fully saturated rings. The first kappa shape index (κ1) is 8.97. The molecule has 0 spiro atoms.